The maximum atomic E-state index is 13.7. The predicted octanol–water partition coefficient (Wildman–Crippen LogP) is 5.64. The highest BCUT2D eigenvalue weighted by Gasteiger charge is 2.59. The van der Waals surface area contributed by atoms with Crippen LogP contribution in [0.25, 0.3) is 0 Å². The Labute approximate surface area is 242 Å². The van der Waals surface area contributed by atoms with E-state index in [1.54, 1.807) is 0 Å². The highest BCUT2D eigenvalue weighted by atomic mass is 16.5. The van der Waals surface area contributed by atoms with Crippen molar-refractivity contribution in [1.82, 2.24) is 0 Å². The zero-order valence-electron chi connectivity index (χ0n) is 25.7. The first kappa shape index (κ1) is 31.8. The summed E-state index contributed by atoms with van der Waals surface area (Å²) >= 11 is 0. The van der Waals surface area contributed by atoms with Crippen molar-refractivity contribution in [3.63, 3.8) is 0 Å². The van der Waals surface area contributed by atoms with Gasteiger partial charge in [-0.15, -0.1) is 0 Å². The second kappa shape index (κ2) is 14.8. The Bertz CT molecular complexity index is 957. The second-order valence-corrected chi connectivity index (χ2v) is 11.9. The van der Waals surface area contributed by atoms with Gasteiger partial charge in [-0.3, -0.25) is 9.59 Å². The Morgan fingerprint density at radius 1 is 0.600 bits per heavy atom. The third-order valence-corrected chi connectivity index (χ3v) is 9.69. The lowest BCUT2D eigenvalue weighted by atomic mass is 9.52. The minimum atomic E-state index is -0.430. The lowest BCUT2D eigenvalue weighted by Crippen LogP contribution is -2.52. The van der Waals surface area contributed by atoms with Crippen LogP contribution in [0.4, 0.5) is 0 Å². The number of esters is 2. The third-order valence-electron chi connectivity index (χ3n) is 9.69. The molecule has 1 saturated carbocycles. The van der Waals surface area contributed by atoms with Crippen molar-refractivity contribution in [2.45, 2.75) is 52.4 Å². The van der Waals surface area contributed by atoms with Gasteiger partial charge in [-0.1, -0.05) is 60.7 Å². The second-order valence-electron chi connectivity index (χ2n) is 11.9. The monoisotopic (exact) mass is 552 g/mol. The van der Waals surface area contributed by atoms with E-state index in [1.807, 2.05) is 60.7 Å². The lowest BCUT2D eigenvalue weighted by Gasteiger charge is -2.49. The van der Waals surface area contributed by atoms with E-state index in [4.69, 9.17) is 9.47 Å². The Balaban J connectivity index is 1.78. The predicted molar refractivity (Wildman–Crippen MR) is 161 cm³/mol. The van der Waals surface area contributed by atoms with Gasteiger partial charge in [0.15, 0.2) is 0 Å². The van der Waals surface area contributed by atoms with E-state index < -0.39 is 11.8 Å². The SMILES string of the molecule is CC[N+](C)(CC)CCCOC(=O)C1C(c2ccccc2)C(C(=O)OCCC[N+](C)(CC)CC)C1c1ccccc1. The summed E-state index contributed by atoms with van der Waals surface area (Å²) < 4.78 is 13.8. The summed E-state index contributed by atoms with van der Waals surface area (Å²) in [6.07, 6.45) is 1.64. The number of benzene rings is 2. The summed E-state index contributed by atoms with van der Waals surface area (Å²) in [6.45, 7) is 15.7. The van der Waals surface area contributed by atoms with Crippen LogP contribution in [0.1, 0.15) is 63.5 Å². The number of nitrogens with zero attached hydrogens (tertiary/aromatic N) is 2. The van der Waals surface area contributed by atoms with Gasteiger partial charge in [-0.05, 0) is 38.8 Å². The molecule has 1 aliphatic rings. The van der Waals surface area contributed by atoms with Gasteiger partial charge in [0.1, 0.15) is 0 Å². The maximum Gasteiger partial charge on any atom is 0.310 e. The van der Waals surface area contributed by atoms with Crippen LogP contribution in [0.2, 0.25) is 0 Å². The fourth-order valence-corrected chi connectivity index (χ4v) is 6.02. The van der Waals surface area contributed by atoms with E-state index in [9.17, 15) is 9.59 Å². The lowest BCUT2D eigenvalue weighted by molar-refractivity contribution is -0.906. The van der Waals surface area contributed by atoms with E-state index in [1.165, 1.54) is 0 Å². The van der Waals surface area contributed by atoms with Gasteiger partial charge in [0, 0.05) is 24.7 Å². The summed E-state index contributed by atoms with van der Waals surface area (Å²) in [5.74, 6) is -1.83. The Morgan fingerprint density at radius 2 is 0.925 bits per heavy atom. The number of quaternary nitrogens is 2. The molecule has 2 aromatic carbocycles. The average Bonchev–Trinajstić information content (AvgIpc) is 2.98. The molecule has 2 aromatic rings. The number of carbonyl (C=O) groups is 2. The first-order valence-electron chi connectivity index (χ1n) is 15.3. The fraction of sp³-hybridized carbons (Fsp3) is 0.588. The van der Waals surface area contributed by atoms with Crippen molar-refractivity contribution in [3.8, 4) is 0 Å². The minimum Gasteiger partial charge on any atom is -0.465 e. The number of hydrogen-bond donors (Lipinski definition) is 0. The van der Waals surface area contributed by atoms with Gasteiger partial charge in [-0.25, -0.2) is 0 Å². The molecule has 1 fully saturated rings. The van der Waals surface area contributed by atoms with E-state index in [0.717, 1.165) is 72.2 Å². The highest BCUT2D eigenvalue weighted by molar-refractivity contribution is 5.85. The number of carbonyl (C=O) groups excluding carboxylic acids is 2. The van der Waals surface area contributed by atoms with Crippen LogP contribution in [0.5, 0.6) is 0 Å². The van der Waals surface area contributed by atoms with Gasteiger partial charge >= 0.3 is 11.9 Å². The van der Waals surface area contributed by atoms with Crippen LogP contribution in [-0.2, 0) is 19.1 Å². The number of hydrogen-bond acceptors (Lipinski definition) is 4. The van der Waals surface area contributed by atoms with Crippen LogP contribution in [-0.4, -0.2) is 87.5 Å². The number of ether oxygens (including phenoxy) is 2. The molecule has 0 atom stereocenters. The summed E-state index contributed by atoms with van der Waals surface area (Å²) in [5, 5.41) is 0. The molecule has 6 nitrogen and oxygen atoms in total. The van der Waals surface area contributed by atoms with Crippen LogP contribution in [0.3, 0.4) is 0 Å². The summed E-state index contributed by atoms with van der Waals surface area (Å²) in [6, 6.07) is 19.9. The molecule has 0 aliphatic heterocycles. The minimum absolute atomic E-state index is 0.215. The molecule has 220 valence electrons. The summed E-state index contributed by atoms with van der Waals surface area (Å²) in [5.41, 5.74) is 1.97. The molecule has 0 aromatic heterocycles. The average molecular weight is 553 g/mol. The zero-order valence-corrected chi connectivity index (χ0v) is 25.7. The standard InChI is InChI=1S/C34H52N2O4/c1-7-35(5,8-2)23-17-25-39-33(37)31-29(27-19-13-11-14-20-27)32(30(31)28-21-15-12-16-22-28)34(38)40-26-18-24-36(6,9-3)10-4/h11-16,19-22,29-32H,7-10,17-18,23-26H2,1-6H3/q+2. The van der Waals surface area contributed by atoms with Gasteiger partial charge in [-0.2, -0.15) is 0 Å². The van der Waals surface area contributed by atoms with Crippen LogP contribution >= 0.6 is 0 Å². The van der Waals surface area contributed by atoms with Crippen molar-refractivity contribution >= 4 is 11.9 Å². The van der Waals surface area contributed by atoms with Crippen LogP contribution in [0, 0.1) is 11.8 Å². The molecule has 0 bridgehead atoms. The Morgan fingerprint density at radius 3 is 1.23 bits per heavy atom. The molecular formula is C34H52N2O4+2. The highest BCUT2D eigenvalue weighted by Crippen LogP contribution is 2.58. The molecule has 0 saturated heterocycles. The van der Waals surface area contributed by atoms with Gasteiger partial charge < -0.3 is 18.4 Å². The molecule has 0 amide bonds. The largest absolute Gasteiger partial charge is 0.465 e. The molecule has 0 radical (unpaired) electrons. The van der Waals surface area contributed by atoms with E-state index in [2.05, 4.69) is 41.8 Å². The topological polar surface area (TPSA) is 52.6 Å². The Hall–Kier alpha value is -2.70. The summed E-state index contributed by atoms with van der Waals surface area (Å²) in [4.78, 5) is 27.4. The van der Waals surface area contributed by atoms with E-state index in [0.29, 0.717) is 13.2 Å². The zero-order chi connectivity index (χ0) is 29.2. The third kappa shape index (κ3) is 7.73. The van der Waals surface area contributed by atoms with Gasteiger partial charge in [0.05, 0.1) is 78.4 Å². The van der Waals surface area contributed by atoms with Gasteiger partial charge in [0.2, 0.25) is 0 Å². The molecule has 0 unspecified atom stereocenters. The van der Waals surface area contributed by atoms with Crippen LogP contribution < -0.4 is 0 Å². The molecule has 1 aliphatic carbocycles. The fourth-order valence-electron chi connectivity index (χ4n) is 6.02. The van der Waals surface area contributed by atoms with E-state index >= 15 is 0 Å². The molecule has 0 N–H and O–H groups in total. The normalized spacial score (nSPS) is 20.9. The molecule has 3 rings (SSSR count). The molecule has 0 spiro atoms. The van der Waals surface area contributed by atoms with E-state index in [-0.39, 0.29) is 23.8 Å². The first-order valence-corrected chi connectivity index (χ1v) is 15.3. The smallest absolute Gasteiger partial charge is 0.310 e. The molecule has 0 heterocycles. The van der Waals surface area contributed by atoms with Crippen molar-refractivity contribution in [3.05, 3.63) is 71.8 Å². The molecule has 40 heavy (non-hydrogen) atoms. The van der Waals surface area contributed by atoms with Crippen LogP contribution in [0.15, 0.2) is 60.7 Å². The number of rotatable bonds is 16. The van der Waals surface area contributed by atoms with Gasteiger partial charge in [0.25, 0.3) is 0 Å². The molecule has 6 heteroatoms. The maximum absolute atomic E-state index is 13.7. The Kier molecular flexibility index (Phi) is 11.8. The van der Waals surface area contributed by atoms with Crippen molar-refractivity contribution in [2.24, 2.45) is 11.8 Å². The van der Waals surface area contributed by atoms with Crippen molar-refractivity contribution < 1.29 is 28.0 Å². The quantitative estimate of drug-likeness (QED) is 0.154. The molecular weight excluding hydrogens is 500 g/mol. The summed E-state index contributed by atoms with van der Waals surface area (Å²) in [7, 11) is 4.48. The first-order chi connectivity index (χ1) is 19.2. The van der Waals surface area contributed by atoms with Crippen molar-refractivity contribution in [2.75, 3.05) is 66.6 Å². The van der Waals surface area contributed by atoms with Crippen molar-refractivity contribution in [1.29, 1.82) is 0 Å².